The zero-order chi connectivity index (χ0) is 20.8. The molecule has 0 aliphatic heterocycles. The van der Waals surface area contributed by atoms with Gasteiger partial charge in [0, 0.05) is 17.0 Å². The van der Waals surface area contributed by atoms with Gasteiger partial charge in [-0.1, -0.05) is 36.4 Å². The first kappa shape index (κ1) is 18.4. The van der Waals surface area contributed by atoms with Crippen LogP contribution in [-0.4, -0.2) is 36.6 Å². The Labute approximate surface area is 171 Å². The molecule has 3 N–H and O–H groups in total. The van der Waals surface area contributed by atoms with Gasteiger partial charge in [0.25, 0.3) is 0 Å². The maximum Gasteiger partial charge on any atom is 0.195 e. The molecule has 0 radical (unpaired) electrons. The number of aliphatic hydroxyl groups is 1. The summed E-state index contributed by atoms with van der Waals surface area (Å²) in [6, 6.07) is 12.9. The highest BCUT2D eigenvalue weighted by molar-refractivity contribution is 6.09. The van der Waals surface area contributed by atoms with Gasteiger partial charge in [0.05, 0.1) is 11.7 Å². The number of aliphatic hydroxyl groups excluding tert-OH is 1. The number of nitrogens with zero attached hydrogens (tertiary/aromatic N) is 4. The summed E-state index contributed by atoms with van der Waals surface area (Å²) in [6.07, 6.45) is 2.16. The normalized spacial score (nSPS) is 18.3. The minimum atomic E-state index is -0.640. The van der Waals surface area contributed by atoms with Crippen LogP contribution in [0.25, 0.3) is 16.8 Å². The average Bonchev–Trinajstić information content (AvgIpc) is 3.12. The summed E-state index contributed by atoms with van der Waals surface area (Å²) >= 11 is 0. The minimum absolute atomic E-state index is 0.0139. The van der Waals surface area contributed by atoms with Crippen LogP contribution in [0.2, 0.25) is 0 Å². The number of hydrogen-bond acceptors (Lipinski definition) is 6. The Hall–Kier alpha value is -3.65. The van der Waals surface area contributed by atoms with Gasteiger partial charge in [0.15, 0.2) is 11.6 Å². The van der Waals surface area contributed by atoms with Crippen molar-refractivity contribution in [3.63, 3.8) is 0 Å². The van der Waals surface area contributed by atoms with E-state index >= 15 is 0 Å². The van der Waals surface area contributed by atoms with E-state index in [1.165, 1.54) is 18.5 Å². The maximum atomic E-state index is 14.9. The van der Waals surface area contributed by atoms with Crippen molar-refractivity contribution >= 4 is 17.1 Å². The maximum absolute atomic E-state index is 14.9. The molecule has 8 heteroatoms. The lowest BCUT2D eigenvalue weighted by atomic mass is 9.82. The molecule has 1 saturated carbocycles. The number of carbonyl (C=O) groups excluding carboxylic acids is 1. The molecule has 0 atom stereocenters. The molecule has 1 fully saturated rings. The van der Waals surface area contributed by atoms with E-state index in [-0.39, 0.29) is 29.2 Å². The molecule has 150 valence electrons. The molecule has 2 aromatic heterocycles. The number of halogens is 1. The molecule has 0 unspecified atom stereocenters. The highest BCUT2D eigenvalue weighted by Gasteiger charge is 2.33. The van der Waals surface area contributed by atoms with Crippen molar-refractivity contribution in [2.45, 2.75) is 24.9 Å². The predicted molar refractivity (Wildman–Crippen MR) is 108 cm³/mol. The van der Waals surface area contributed by atoms with Crippen molar-refractivity contribution in [2.24, 2.45) is 0 Å². The van der Waals surface area contributed by atoms with Gasteiger partial charge in [-0.05, 0) is 25.0 Å². The van der Waals surface area contributed by atoms with Crippen molar-refractivity contribution in [3.8, 4) is 11.3 Å². The standard InChI is InChI=1S/C22H18FN5O2/c23-17-10-13(6-7-16(17)20(30)12-4-2-1-3-5-12)18-19-21(24)25-11-26-28(19)22(27-18)14-8-15(29)9-14/h1-7,10-11,14-15,29H,8-9H2,(H2,24,25,26). The zero-order valence-electron chi connectivity index (χ0n) is 15.9. The van der Waals surface area contributed by atoms with Crippen LogP contribution in [0.1, 0.15) is 40.5 Å². The number of aromatic nitrogens is 4. The molecule has 1 aliphatic rings. The summed E-state index contributed by atoms with van der Waals surface area (Å²) in [6.45, 7) is 0. The molecule has 30 heavy (non-hydrogen) atoms. The van der Waals surface area contributed by atoms with Gasteiger partial charge >= 0.3 is 0 Å². The summed E-state index contributed by atoms with van der Waals surface area (Å²) in [7, 11) is 0. The van der Waals surface area contributed by atoms with E-state index in [2.05, 4.69) is 15.1 Å². The highest BCUT2D eigenvalue weighted by atomic mass is 19.1. The number of imidazole rings is 1. The second-order valence-corrected chi connectivity index (χ2v) is 7.44. The lowest BCUT2D eigenvalue weighted by molar-refractivity contribution is 0.0711. The third kappa shape index (κ3) is 2.93. The number of benzene rings is 2. The first-order valence-electron chi connectivity index (χ1n) is 9.59. The molecular weight excluding hydrogens is 385 g/mol. The van der Waals surface area contributed by atoms with Crippen molar-refractivity contribution in [3.05, 3.63) is 77.6 Å². The number of fused-ring (bicyclic) bond motifs is 1. The topological polar surface area (TPSA) is 106 Å². The lowest BCUT2D eigenvalue weighted by Crippen LogP contribution is -2.28. The fourth-order valence-electron chi connectivity index (χ4n) is 3.83. The number of rotatable bonds is 4. The van der Waals surface area contributed by atoms with Crippen LogP contribution in [-0.2, 0) is 0 Å². The Morgan fingerprint density at radius 2 is 1.93 bits per heavy atom. The van der Waals surface area contributed by atoms with Gasteiger partial charge in [-0.3, -0.25) is 4.79 Å². The van der Waals surface area contributed by atoms with Crippen LogP contribution >= 0.6 is 0 Å². The van der Waals surface area contributed by atoms with E-state index in [0.717, 1.165) is 0 Å². The van der Waals surface area contributed by atoms with Gasteiger partial charge in [-0.15, -0.1) is 0 Å². The van der Waals surface area contributed by atoms with Gasteiger partial charge in [-0.25, -0.2) is 18.9 Å². The Morgan fingerprint density at radius 3 is 2.63 bits per heavy atom. The molecule has 0 bridgehead atoms. The van der Waals surface area contributed by atoms with Gasteiger partial charge in [0.2, 0.25) is 0 Å². The Balaban J connectivity index is 1.59. The monoisotopic (exact) mass is 403 g/mol. The summed E-state index contributed by atoms with van der Waals surface area (Å²) in [4.78, 5) is 21.3. The largest absolute Gasteiger partial charge is 0.393 e. The lowest BCUT2D eigenvalue weighted by Gasteiger charge is -2.29. The van der Waals surface area contributed by atoms with Crippen LogP contribution < -0.4 is 5.73 Å². The van der Waals surface area contributed by atoms with Crippen LogP contribution in [0.3, 0.4) is 0 Å². The molecular formula is C22H18FN5O2. The molecule has 2 heterocycles. The molecule has 2 aromatic carbocycles. The minimum Gasteiger partial charge on any atom is -0.393 e. The van der Waals surface area contributed by atoms with E-state index in [1.807, 2.05) is 0 Å². The van der Waals surface area contributed by atoms with E-state index in [0.29, 0.717) is 41.0 Å². The first-order chi connectivity index (χ1) is 14.5. The highest BCUT2D eigenvalue weighted by Crippen LogP contribution is 2.39. The number of hydrogen-bond donors (Lipinski definition) is 2. The SMILES string of the molecule is Nc1ncnn2c(C3CC(O)C3)nc(-c3ccc(C(=O)c4ccccc4)c(F)c3)c12. The van der Waals surface area contributed by atoms with Crippen LogP contribution in [0.4, 0.5) is 10.2 Å². The number of ketones is 1. The van der Waals surface area contributed by atoms with Crippen LogP contribution in [0.5, 0.6) is 0 Å². The summed E-state index contributed by atoms with van der Waals surface area (Å²) < 4.78 is 16.5. The van der Waals surface area contributed by atoms with Gasteiger partial charge < -0.3 is 10.8 Å². The summed E-state index contributed by atoms with van der Waals surface area (Å²) in [5, 5.41) is 13.9. The number of carbonyl (C=O) groups is 1. The Kier molecular flexibility index (Phi) is 4.29. The summed E-state index contributed by atoms with van der Waals surface area (Å²) in [5.41, 5.74) is 7.88. The summed E-state index contributed by atoms with van der Waals surface area (Å²) in [5.74, 6) is -0.105. The quantitative estimate of drug-likeness (QED) is 0.508. The third-order valence-electron chi connectivity index (χ3n) is 5.49. The molecule has 1 aliphatic carbocycles. The van der Waals surface area contributed by atoms with Crippen LogP contribution in [0, 0.1) is 5.82 Å². The van der Waals surface area contributed by atoms with Gasteiger partial charge in [0.1, 0.15) is 29.2 Å². The van der Waals surface area contributed by atoms with Crippen molar-refractivity contribution < 1.29 is 14.3 Å². The van der Waals surface area contributed by atoms with Gasteiger partial charge in [-0.2, -0.15) is 5.10 Å². The number of anilines is 1. The van der Waals surface area contributed by atoms with Crippen LogP contribution in [0.15, 0.2) is 54.9 Å². The third-order valence-corrected chi connectivity index (χ3v) is 5.49. The molecule has 0 saturated heterocycles. The fourth-order valence-corrected chi connectivity index (χ4v) is 3.83. The number of nitrogen functional groups attached to an aromatic ring is 1. The molecule has 4 aromatic rings. The molecule has 0 spiro atoms. The predicted octanol–water partition coefficient (Wildman–Crippen LogP) is 2.98. The Morgan fingerprint density at radius 1 is 1.17 bits per heavy atom. The van der Waals surface area contributed by atoms with E-state index in [4.69, 9.17) is 5.73 Å². The van der Waals surface area contributed by atoms with Crippen molar-refractivity contribution in [2.75, 3.05) is 5.73 Å². The first-order valence-corrected chi connectivity index (χ1v) is 9.59. The zero-order valence-corrected chi connectivity index (χ0v) is 15.9. The number of nitrogens with two attached hydrogens (primary N) is 1. The second kappa shape index (κ2) is 7.00. The smallest absolute Gasteiger partial charge is 0.195 e. The second-order valence-electron chi connectivity index (χ2n) is 7.44. The van der Waals surface area contributed by atoms with E-state index in [1.54, 1.807) is 40.9 Å². The Bertz CT molecular complexity index is 1270. The molecule has 5 rings (SSSR count). The van der Waals surface area contributed by atoms with E-state index < -0.39 is 5.82 Å². The molecule has 0 amide bonds. The fraction of sp³-hybridized carbons (Fsp3) is 0.182. The molecule has 7 nitrogen and oxygen atoms in total. The van der Waals surface area contributed by atoms with Crippen molar-refractivity contribution in [1.29, 1.82) is 0 Å². The average molecular weight is 403 g/mol. The van der Waals surface area contributed by atoms with Crippen molar-refractivity contribution in [1.82, 2.24) is 19.6 Å². The van der Waals surface area contributed by atoms with E-state index in [9.17, 15) is 14.3 Å².